The summed E-state index contributed by atoms with van der Waals surface area (Å²) in [6.45, 7) is 1.71. The summed E-state index contributed by atoms with van der Waals surface area (Å²) >= 11 is 6.25. The van der Waals surface area contributed by atoms with E-state index in [4.69, 9.17) is 17.1 Å². The Hall–Kier alpha value is -4.18. The van der Waals surface area contributed by atoms with Crippen molar-refractivity contribution in [3.63, 3.8) is 0 Å². The second-order valence-corrected chi connectivity index (χ2v) is 7.80. The molecule has 0 aromatic heterocycles. The highest BCUT2D eigenvalue weighted by atomic mass is 35.5. The summed E-state index contributed by atoms with van der Waals surface area (Å²) < 4.78 is 0. The summed E-state index contributed by atoms with van der Waals surface area (Å²) in [4.78, 5) is 39.4. The molecule has 0 aliphatic heterocycles. The van der Waals surface area contributed by atoms with Crippen molar-refractivity contribution in [2.24, 2.45) is 15.3 Å². The highest BCUT2D eigenvalue weighted by molar-refractivity contribution is 6.47. The van der Waals surface area contributed by atoms with E-state index in [9.17, 15) is 24.6 Å². The van der Waals surface area contributed by atoms with Crippen LogP contribution in [0.4, 0.5) is 5.69 Å². The minimum atomic E-state index is -1.19. The van der Waals surface area contributed by atoms with Gasteiger partial charge in [0.05, 0.1) is 23.0 Å². The van der Waals surface area contributed by atoms with E-state index in [2.05, 4.69) is 20.6 Å². The highest BCUT2D eigenvalue weighted by Crippen LogP contribution is 2.24. The largest absolute Gasteiger partial charge is 0.478 e. The molecule has 1 amide bonds. The van der Waals surface area contributed by atoms with Crippen LogP contribution in [0.15, 0.2) is 57.8 Å². The topological polar surface area (TPSA) is 165 Å². The molecule has 0 spiro atoms. The summed E-state index contributed by atoms with van der Waals surface area (Å²) in [5, 5.41) is 27.8. The quantitative estimate of drug-likeness (QED) is 0.198. The number of carboxylic acid groups (broad SMARTS) is 2. The first-order valence-electron chi connectivity index (χ1n) is 10.4. The molecule has 35 heavy (non-hydrogen) atoms. The van der Waals surface area contributed by atoms with Gasteiger partial charge in [0.25, 0.3) is 5.91 Å². The minimum absolute atomic E-state index is 0.0259. The molecular formula is C24H24ClN5O5. The van der Waals surface area contributed by atoms with Crippen molar-refractivity contribution in [1.82, 2.24) is 0 Å². The van der Waals surface area contributed by atoms with Gasteiger partial charge in [-0.25, -0.2) is 9.59 Å². The van der Waals surface area contributed by atoms with Gasteiger partial charge < -0.3 is 15.5 Å². The van der Waals surface area contributed by atoms with E-state index in [1.807, 2.05) is 0 Å². The van der Waals surface area contributed by atoms with Crippen LogP contribution < -0.4 is 5.32 Å². The van der Waals surface area contributed by atoms with Crippen LogP contribution in [-0.4, -0.2) is 47.0 Å². The highest BCUT2D eigenvalue weighted by Gasteiger charge is 2.16. The van der Waals surface area contributed by atoms with Gasteiger partial charge in [-0.1, -0.05) is 29.0 Å². The molecule has 11 heteroatoms. The standard InChI is InChI=1S/C24H24ClN5O5/c1-14-11-16(19(25)13-18(14)24(34)35)6-3-5-15-8-9-17(23(32)33)21(12-15)29-22(31)20(27-2)7-4-10-28-30-26/h4,7-13,26H,3,5-6H2,1-2H3,(H,29,31)(H,32,33)(H,34,35)/b7-4-,27-20?,28-10+,30-26?. The molecule has 0 unspecified atom stereocenters. The number of allylic oxidation sites excluding steroid dienone is 1. The normalized spacial score (nSPS) is 11.7. The van der Waals surface area contributed by atoms with Gasteiger partial charge in [0.1, 0.15) is 5.71 Å². The molecule has 0 aliphatic carbocycles. The van der Waals surface area contributed by atoms with E-state index in [1.54, 1.807) is 25.1 Å². The Balaban J connectivity index is 2.16. The summed E-state index contributed by atoms with van der Waals surface area (Å²) in [7, 11) is 1.41. The van der Waals surface area contributed by atoms with Crippen molar-refractivity contribution < 1.29 is 24.6 Å². The van der Waals surface area contributed by atoms with Gasteiger partial charge in [0.2, 0.25) is 0 Å². The number of hydrogen-bond acceptors (Lipinski definition) is 6. The summed E-state index contributed by atoms with van der Waals surface area (Å²) in [6.07, 6.45) is 5.76. The molecule has 0 aliphatic rings. The SMILES string of the molecule is CN=C(/C=C\C=N\N=N)C(=O)Nc1cc(CCCc2cc(C)c(C(=O)O)cc2Cl)ccc1C(=O)O. The van der Waals surface area contributed by atoms with Crippen LogP contribution in [0.2, 0.25) is 5.02 Å². The van der Waals surface area contributed by atoms with Gasteiger partial charge in [0.15, 0.2) is 0 Å². The molecule has 4 N–H and O–H groups in total. The van der Waals surface area contributed by atoms with Gasteiger partial charge in [-0.2, -0.15) is 5.53 Å². The number of benzene rings is 2. The van der Waals surface area contributed by atoms with Crippen LogP contribution >= 0.6 is 11.6 Å². The van der Waals surface area contributed by atoms with Crippen molar-refractivity contribution in [3.05, 3.63) is 75.3 Å². The van der Waals surface area contributed by atoms with E-state index >= 15 is 0 Å². The third-order valence-corrected chi connectivity index (χ3v) is 5.39. The van der Waals surface area contributed by atoms with Gasteiger partial charge in [-0.05, 0) is 73.2 Å². The smallest absolute Gasteiger partial charge is 0.337 e. The summed E-state index contributed by atoms with van der Waals surface area (Å²) in [5.74, 6) is -2.84. The van der Waals surface area contributed by atoms with Crippen molar-refractivity contribution in [1.29, 1.82) is 5.53 Å². The lowest BCUT2D eigenvalue weighted by molar-refractivity contribution is -0.110. The Morgan fingerprint density at radius 2 is 1.80 bits per heavy atom. The first-order chi connectivity index (χ1) is 16.7. The summed E-state index contributed by atoms with van der Waals surface area (Å²) in [6, 6.07) is 7.90. The second-order valence-electron chi connectivity index (χ2n) is 7.39. The molecule has 0 atom stereocenters. The van der Waals surface area contributed by atoms with E-state index in [-0.39, 0.29) is 22.5 Å². The molecule has 182 valence electrons. The van der Waals surface area contributed by atoms with Crippen LogP contribution in [0.3, 0.4) is 0 Å². The number of amides is 1. The van der Waals surface area contributed by atoms with Crippen LogP contribution in [-0.2, 0) is 17.6 Å². The third-order valence-electron chi connectivity index (χ3n) is 5.04. The molecule has 10 nitrogen and oxygen atoms in total. The lowest BCUT2D eigenvalue weighted by atomic mass is 9.99. The number of carboxylic acids is 2. The van der Waals surface area contributed by atoms with Crippen LogP contribution in [0.1, 0.15) is 43.8 Å². The Bertz CT molecular complexity index is 1240. The number of rotatable bonds is 11. The Labute approximate surface area is 206 Å². The zero-order valence-corrected chi connectivity index (χ0v) is 19.8. The number of aliphatic imine (C=N–C) groups is 1. The number of nitrogens with one attached hydrogen (secondary N) is 2. The average molecular weight is 498 g/mol. The van der Waals surface area contributed by atoms with E-state index in [1.165, 1.54) is 37.5 Å². The number of halogens is 1. The van der Waals surface area contributed by atoms with Crippen molar-refractivity contribution >= 4 is 47.1 Å². The number of aromatic carboxylic acids is 2. The monoisotopic (exact) mass is 497 g/mol. The molecule has 0 radical (unpaired) electrons. The van der Waals surface area contributed by atoms with E-state index < -0.39 is 17.8 Å². The van der Waals surface area contributed by atoms with Gasteiger partial charge in [-0.3, -0.25) is 9.79 Å². The van der Waals surface area contributed by atoms with E-state index in [0.29, 0.717) is 29.8 Å². The minimum Gasteiger partial charge on any atom is -0.478 e. The molecule has 0 fully saturated rings. The molecule has 2 rings (SSSR count). The maximum Gasteiger partial charge on any atom is 0.337 e. The number of nitrogens with zero attached hydrogens (tertiary/aromatic N) is 3. The predicted molar refractivity (Wildman–Crippen MR) is 133 cm³/mol. The number of carbonyl (C=O) groups is 3. The first kappa shape index (κ1) is 27.1. The average Bonchev–Trinajstić information content (AvgIpc) is 2.80. The zero-order valence-electron chi connectivity index (χ0n) is 19.1. The number of hydrogen-bond donors (Lipinski definition) is 4. The molecule has 2 aromatic rings. The zero-order chi connectivity index (χ0) is 26.0. The number of aryl methyl sites for hydroxylation is 3. The van der Waals surface area contributed by atoms with E-state index in [0.717, 1.165) is 11.1 Å². The molecular weight excluding hydrogens is 474 g/mol. The van der Waals surface area contributed by atoms with Crippen molar-refractivity contribution in [2.75, 3.05) is 12.4 Å². The first-order valence-corrected chi connectivity index (χ1v) is 10.8. The fourth-order valence-electron chi connectivity index (χ4n) is 3.33. The lowest BCUT2D eigenvalue weighted by Crippen LogP contribution is -2.22. The Morgan fingerprint density at radius 3 is 2.43 bits per heavy atom. The number of anilines is 1. The molecule has 0 saturated carbocycles. The van der Waals surface area contributed by atoms with Crippen molar-refractivity contribution in [3.8, 4) is 0 Å². The maximum absolute atomic E-state index is 12.6. The number of carbonyl (C=O) groups excluding carboxylic acids is 1. The Kier molecular flexibility index (Phi) is 9.98. The summed E-state index contributed by atoms with van der Waals surface area (Å²) in [5.41, 5.74) is 9.08. The van der Waals surface area contributed by atoms with Crippen LogP contribution in [0, 0.1) is 12.5 Å². The van der Waals surface area contributed by atoms with Crippen molar-refractivity contribution in [2.45, 2.75) is 26.2 Å². The van der Waals surface area contributed by atoms with Gasteiger partial charge in [0, 0.05) is 12.1 Å². The van der Waals surface area contributed by atoms with Crippen LogP contribution in [0.25, 0.3) is 0 Å². The fraction of sp³-hybridized carbons (Fsp3) is 0.208. The molecule has 2 aromatic carbocycles. The Morgan fingerprint density at radius 1 is 1.09 bits per heavy atom. The van der Waals surface area contributed by atoms with Crippen LogP contribution in [0.5, 0.6) is 0 Å². The molecule has 0 heterocycles. The fourth-order valence-corrected chi connectivity index (χ4v) is 3.59. The lowest BCUT2D eigenvalue weighted by Gasteiger charge is -2.12. The second kappa shape index (κ2) is 12.9. The van der Waals surface area contributed by atoms with Gasteiger partial charge >= 0.3 is 11.9 Å². The predicted octanol–water partition coefficient (Wildman–Crippen LogP) is 4.80. The van der Waals surface area contributed by atoms with Gasteiger partial charge in [-0.15, -0.1) is 5.10 Å². The third kappa shape index (κ3) is 7.68. The molecule has 0 saturated heterocycles. The maximum atomic E-state index is 12.6. The molecule has 0 bridgehead atoms.